The van der Waals surface area contributed by atoms with Crippen LogP contribution in [-0.4, -0.2) is 26.3 Å². The van der Waals surface area contributed by atoms with Crippen LogP contribution in [-0.2, 0) is 4.74 Å². The fourth-order valence-corrected chi connectivity index (χ4v) is 3.03. The van der Waals surface area contributed by atoms with E-state index in [1.807, 2.05) is 7.11 Å². The van der Waals surface area contributed by atoms with E-state index in [0.29, 0.717) is 0 Å². The van der Waals surface area contributed by atoms with E-state index < -0.39 is 0 Å². The van der Waals surface area contributed by atoms with Gasteiger partial charge in [-0.2, -0.15) is 0 Å². The van der Waals surface area contributed by atoms with Crippen molar-refractivity contribution < 1.29 is 4.74 Å². The smallest absolute Gasteiger partial charge is 0.0465 e. The molecule has 1 fully saturated rings. The minimum atomic E-state index is 0.732. The Morgan fingerprint density at radius 1 is 1.31 bits per heavy atom. The van der Waals surface area contributed by atoms with Gasteiger partial charge in [0.2, 0.25) is 0 Å². The molecule has 2 nitrogen and oxygen atoms in total. The molecule has 0 aromatic carbocycles. The molecule has 2 heteroatoms. The molecular formula is C14H29NO. The Labute approximate surface area is 101 Å². The van der Waals surface area contributed by atoms with Crippen molar-refractivity contribution >= 4 is 0 Å². The van der Waals surface area contributed by atoms with Gasteiger partial charge in [0.1, 0.15) is 0 Å². The molecule has 1 N–H and O–H groups in total. The van der Waals surface area contributed by atoms with Gasteiger partial charge in [-0.15, -0.1) is 0 Å². The zero-order valence-corrected chi connectivity index (χ0v) is 11.5. The Bertz CT molecular complexity index is 182. The molecule has 0 radical (unpaired) electrons. The second-order valence-corrected chi connectivity index (χ2v) is 5.52. The molecule has 0 spiro atoms. The third kappa shape index (κ3) is 4.06. The van der Waals surface area contributed by atoms with E-state index in [1.54, 1.807) is 0 Å². The predicted molar refractivity (Wildman–Crippen MR) is 69.6 cm³/mol. The summed E-state index contributed by atoms with van der Waals surface area (Å²) in [5.41, 5.74) is 0. The van der Waals surface area contributed by atoms with Crippen molar-refractivity contribution in [3.8, 4) is 0 Å². The maximum absolute atomic E-state index is 5.24. The van der Waals surface area contributed by atoms with E-state index in [4.69, 9.17) is 4.74 Å². The molecule has 3 unspecified atom stereocenters. The SMILES string of the molecule is CCNC1CCC(C(C)C)CC1CCOC. The molecule has 1 aliphatic rings. The fraction of sp³-hybridized carbons (Fsp3) is 1.00. The van der Waals surface area contributed by atoms with Gasteiger partial charge in [0.05, 0.1) is 0 Å². The quantitative estimate of drug-likeness (QED) is 0.753. The second kappa shape index (κ2) is 7.29. The molecule has 16 heavy (non-hydrogen) atoms. The largest absolute Gasteiger partial charge is 0.385 e. The Hall–Kier alpha value is -0.0800. The van der Waals surface area contributed by atoms with Gasteiger partial charge >= 0.3 is 0 Å². The van der Waals surface area contributed by atoms with Gasteiger partial charge in [0.15, 0.2) is 0 Å². The molecule has 0 saturated heterocycles. The second-order valence-electron chi connectivity index (χ2n) is 5.52. The number of ether oxygens (including phenoxy) is 1. The number of nitrogens with one attached hydrogen (secondary N) is 1. The monoisotopic (exact) mass is 227 g/mol. The van der Waals surface area contributed by atoms with Gasteiger partial charge in [0, 0.05) is 19.8 Å². The first kappa shape index (κ1) is 14.0. The summed E-state index contributed by atoms with van der Waals surface area (Å²) in [5.74, 6) is 2.59. The van der Waals surface area contributed by atoms with E-state index in [0.717, 1.165) is 36.9 Å². The maximum atomic E-state index is 5.24. The van der Waals surface area contributed by atoms with E-state index in [2.05, 4.69) is 26.1 Å². The molecule has 1 rings (SSSR count). The van der Waals surface area contributed by atoms with E-state index >= 15 is 0 Å². The highest BCUT2D eigenvalue weighted by molar-refractivity contribution is 4.85. The van der Waals surface area contributed by atoms with Crippen LogP contribution in [0.3, 0.4) is 0 Å². The molecule has 1 aliphatic carbocycles. The molecule has 3 atom stereocenters. The molecule has 0 bridgehead atoms. The summed E-state index contributed by atoms with van der Waals surface area (Å²) >= 11 is 0. The van der Waals surface area contributed by atoms with Crippen LogP contribution in [0, 0.1) is 17.8 Å². The van der Waals surface area contributed by atoms with Crippen LogP contribution in [0.25, 0.3) is 0 Å². The first-order valence-corrected chi connectivity index (χ1v) is 6.91. The van der Waals surface area contributed by atoms with Crippen molar-refractivity contribution in [1.82, 2.24) is 5.32 Å². The summed E-state index contributed by atoms with van der Waals surface area (Å²) < 4.78 is 5.24. The first-order chi connectivity index (χ1) is 7.69. The van der Waals surface area contributed by atoms with Gasteiger partial charge in [-0.05, 0) is 50.0 Å². The van der Waals surface area contributed by atoms with E-state index in [9.17, 15) is 0 Å². The average molecular weight is 227 g/mol. The lowest BCUT2D eigenvalue weighted by Gasteiger charge is -2.38. The highest BCUT2D eigenvalue weighted by Gasteiger charge is 2.30. The molecule has 0 heterocycles. The average Bonchev–Trinajstić information content (AvgIpc) is 2.27. The highest BCUT2D eigenvalue weighted by Crippen LogP contribution is 2.35. The minimum Gasteiger partial charge on any atom is -0.385 e. The molecule has 0 amide bonds. The summed E-state index contributed by atoms with van der Waals surface area (Å²) in [6, 6.07) is 0.732. The van der Waals surface area contributed by atoms with Crippen molar-refractivity contribution in [2.75, 3.05) is 20.3 Å². The lowest BCUT2D eigenvalue weighted by molar-refractivity contribution is 0.118. The van der Waals surface area contributed by atoms with Crippen molar-refractivity contribution in [2.24, 2.45) is 17.8 Å². The lowest BCUT2D eigenvalue weighted by Crippen LogP contribution is -2.41. The van der Waals surface area contributed by atoms with Crippen LogP contribution in [0.15, 0.2) is 0 Å². The number of hydrogen-bond donors (Lipinski definition) is 1. The Morgan fingerprint density at radius 2 is 2.06 bits per heavy atom. The molecule has 0 aromatic heterocycles. The van der Waals surface area contributed by atoms with Crippen LogP contribution in [0.2, 0.25) is 0 Å². The Kier molecular flexibility index (Phi) is 6.37. The van der Waals surface area contributed by atoms with Gasteiger partial charge < -0.3 is 10.1 Å². The molecule has 0 aliphatic heterocycles. The van der Waals surface area contributed by atoms with Crippen molar-refractivity contribution in [2.45, 2.75) is 52.5 Å². The van der Waals surface area contributed by atoms with Gasteiger partial charge in [-0.25, -0.2) is 0 Å². The summed E-state index contributed by atoms with van der Waals surface area (Å²) in [7, 11) is 1.81. The fourth-order valence-electron chi connectivity index (χ4n) is 3.03. The minimum absolute atomic E-state index is 0.732. The molecular weight excluding hydrogens is 198 g/mol. The van der Waals surface area contributed by atoms with Crippen LogP contribution in [0.1, 0.15) is 46.5 Å². The Balaban J connectivity index is 2.47. The van der Waals surface area contributed by atoms with Gasteiger partial charge in [0.25, 0.3) is 0 Å². The summed E-state index contributed by atoms with van der Waals surface area (Å²) in [4.78, 5) is 0. The van der Waals surface area contributed by atoms with E-state index in [1.165, 1.54) is 25.7 Å². The first-order valence-electron chi connectivity index (χ1n) is 6.91. The van der Waals surface area contributed by atoms with Crippen molar-refractivity contribution in [1.29, 1.82) is 0 Å². The zero-order valence-electron chi connectivity index (χ0n) is 11.5. The summed E-state index contributed by atoms with van der Waals surface area (Å²) in [6.45, 7) is 8.96. The lowest BCUT2D eigenvalue weighted by atomic mass is 9.72. The predicted octanol–water partition coefficient (Wildman–Crippen LogP) is 3.07. The number of hydrogen-bond acceptors (Lipinski definition) is 2. The van der Waals surface area contributed by atoms with Crippen LogP contribution >= 0.6 is 0 Å². The number of rotatable bonds is 6. The van der Waals surface area contributed by atoms with Crippen molar-refractivity contribution in [3.05, 3.63) is 0 Å². The molecule has 1 saturated carbocycles. The normalized spacial score (nSPS) is 30.9. The molecule has 96 valence electrons. The van der Waals surface area contributed by atoms with E-state index in [-0.39, 0.29) is 0 Å². The van der Waals surface area contributed by atoms with Crippen LogP contribution in [0.4, 0.5) is 0 Å². The zero-order chi connectivity index (χ0) is 12.0. The van der Waals surface area contributed by atoms with Crippen LogP contribution in [0.5, 0.6) is 0 Å². The topological polar surface area (TPSA) is 21.3 Å². The van der Waals surface area contributed by atoms with Gasteiger partial charge in [-0.3, -0.25) is 0 Å². The summed E-state index contributed by atoms with van der Waals surface area (Å²) in [5, 5.41) is 3.65. The van der Waals surface area contributed by atoms with Crippen molar-refractivity contribution in [3.63, 3.8) is 0 Å². The summed E-state index contributed by atoms with van der Waals surface area (Å²) in [6.07, 6.45) is 5.36. The Morgan fingerprint density at radius 3 is 2.62 bits per heavy atom. The van der Waals surface area contributed by atoms with Gasteiger partial charge in [-0.1, -0.05) is 20.8 Å². The third-order valence-corrected chi connectivity index (χ3v) is 4.12. The maximum Gasteiger partial charge on any atom is 0.0465 e. The van der Waals surface area contributed by atoms with Crippen LogP contribution < -0.4 is 5.32 Å². The third-order valence-electron chi connectivity index (χ3n) is 4.12. The molecule has 0 aromatic rings. The number of methoxy groups -OCH3 is 1. The standard InChI is InChI=1S/C14H29NO/c1-5-15-14-7-6-12(11(2)3)10-13(14)8-9-16-4/h11-15H,5-10H2,1-4H3. The highest BCUT2D eigenvalue weighted by atomic mass is 16.5.